The lowest BCUT2D eigenvalue weighted by molar-refractivity contribution is 0.166. The van der Waals surface area contributed by atoms with Crippen molar-refractivity contribution in [2.75, 3.05) is 13.1 Å². The molecule has 5 rings (SSSR count). The zero-order valence-corrected chi connectivity index (χ0v) is 18.5. The lowest BCUT2D eigenvalue weighted by Crippen LogP contribution is -2.36. The Hall–Kier alpha value is -2.76. The van der Waals surface area contributed by atoms with Gasteiger partial charge in [-0.2, -0.15) is 5.10 Å². The first-order chi connectivity index (χ1) is 15.2. The summed E-state index contributed by atoms with van der Waals surface area (Å²) in [5.74, 6) is 0.612. The van der Waals surface area contributed by atoms with E-state index in [1.807, 2.05) is 47.4 Å². The average Bonchev–Trinajstić information content (AvgIpc) is 3.13. The molecule has 0 amide bonds. The predicted molar refractivity (Wildman–Crippen MR) is 124 cm³/mol. The highest BCUT2D eigenvalue weighted by Crippen LogP contribution is 2.28. The van der Waals surface area contributed by atoms with Crippen LogP contribution in [0.3, 0.4) is 0 Å². The number of hydrogen-bond acceptors (Lipinski definition) is 4. The second-order valence-corrected chi connectivity index (χ2v) is 8.88. The van der Waals surface area contributed by atoms with Crippen molar-refractivity contribution in [1.82, 2.24) is 24.5 Å². The molecule has 1 fully saturated rings. The van der Waals surface area contributed by atoms with Crippen LogP contribution in [0.4, 0.5) is 0 Å². The van der Waals surface area contributed by atoms with E-state index in [-0.39, 0.29) is 0 Å². The Labute approximate surface area is 187 Å². The molecule has 6 heteroatoms. The minimum atomic E-state index is 0.612. The molecule has 1 aliphatic rings. The molecule has 158 valence electrons. The maximum atomic E-state index is 6.04. The van der Waals surface area contributed by atoms with E-state index in [1.54, 1.807) is 0 Å². The normalized spacial score (nSPS) is 17.3. The van der Waals surface area contributed by atoms with Crippen LogP contribution in [0.25, 0.3) is 16.8 Å². The van der Waals surface area contributed by atoms with Crippen LogP contribution in [0.2, 0.25) is 5.02 Å². The van der Waals surface area contributed by atoms with Crippen LogP contribution in [-0.2, 0) is 13.0 Å². The number of fused-ring (bicyclic) bond motifs is 1. The van der Waals surface area contributed by atoms with Gasteiger partial charge in [-0.25, -0.2) is 9.50 Å². The minimum Gasteiger partial charge on any atom is -0.299 e. The Morgan fingerprint density at radius 2 is 1.84 bits per heavy atom. The highest BCUT2D eigenvalue weighted by Gasteiger charge is 2.22. The van der Waals surface area contributed by atoms with E-state index in [2.05, 4.69) is 40.0 Å². The van der Waals surface area contributed by atoms with Crippen molar-refractivity contribution in [3.05, 3.63) is 83.0 Å². The van der Waals surface area contributed by atoms with Gasteiger partial charge in [0.1, 0.15) is 0 Å². The summed E-state index contributed by atoms with van der Waals surface area (Å²) in [6, 6.07) is 14.4. The molecule has 1 aromatic carbocycles. The van der Waals surface area contributed by atoms with Crippen molar-refractivity contribution >= 4 is 17.2 Å². The molecule has 0 spiro atoms. The third-order valence-electron chi connectivity index (χ3n) is 6.16. The number of piperidine rings is 1. The molecule has 1 saturated heterocycles. The fourth-order valence-electron chi connectivity index (χ4n) is 4.72. The van der Waals surface area contributed by atoms with E-state index >= 15 is 0 Å². The van der Waals surface area contributed by atoms with Crippen LogP contribution in [0.1, 0.15) is 29.8 Å². The molecule has 1 unspecified atom stereocenters. The van der Waals surface area contributed by atoms with E-state index in [1.165, 1.54) is 24.1 Å². The Balaban J connectivity index is 1.36. The van der Waals surface area contributed by atoms with Gasteiger partial charge in [-0.05, 0) is 80.1 Å². The molecule has 5 nitrogen and oxygen atoms in total. The number of benzene rings is 1. The first-order valence-corrected chi connectivity index (χ1v) is 11.3. The summed E-state index contributed by atoms with van der Waals surface area (Å²) < 4.78 is 2.04. The summed E-state index contributed by atoms with van der Waals surface area (Å²) in [5.41, 5.74) is 6.68. The fraction of sp³-hybridized carbons (Fsp3) is 0.320. The summed E-state index contributed by atoms with van der Waals surface area (Å²) in [4.78, 5) is 11.4. The quantitative estimate of drug-likeness (QED) is 0.435. The number of aryl methyl sites for hydroxylation is 1. The topological polar surface area (TPSA) is 46.3 Å². The largest absolute Gasteiger partial charge is 0.299 e. The molecule has 4 aromatic rings. The first kappa shape index (κ1) is 20.2. The van der Waals surface area contributed by atoms with Gasteiger partial charge in [0.05, 0.1) is 5.69 Å². The van der Waals surface area contributed by atoms with E-state index < -0.39 is 0 Å². The zero-order valence-electron chi connectivity index (χ0n) is 17.7. The molecular formula is C25H26ClN5. The van der Waals surface area contributed by atoms with Gasteiger partial charge in [-0.3, -0.25) is 9.88 Å². The van der Waals surface area contributed by atoms with Gasteiger partial charge < -0.3 is 0 Å². The maximum absolute atomic E-state index is 6.04. The lowest BCUT2D eigenvalue weighted by Gasteiger charge is -2.32. The number of nitrogens with zero attached hydrogens (tertiary/aromatic N) is 5. The summed E-state index contributed by atoms with van der Waals surface area (Å²) in [7, 11) is 0. The van der Waals surface area contributed by atoms with Gasteiger partial charge in [-0.1, -0.05) is 23.7 Å². The standard InChI is InChI=1S/C25H26ClN5/c1-18-24(21-8-11-27-12-9-21)25-28-13-10-23(31(25)29-18)15-20-3-2-14-30(17-20)16-19-4-6-22(26)7-5-19/h4-13,20H,2-3,14-17H2,1H3. The minimum absolute atomic E-state index is 0.612. The van der Waals surface area contributed by atoms with Gasteiger partial charge in [0.2, 0.25) is 0 Å². The zero-order chi connectivity index (χ0) is 21.2. The lowest BCUT2D eigenvalue weighted by atomic mass is 9.93. The van der Waals surface area contributed by atoms with Crippen LogP contribution >= 0.6 is 11.6 Å². The molecule has 0 radical (unpaired) electrons. The average molecular weight is 432 g/mol. The SMILES string of the molecule is Cc1nn2c(CC3CCCN(Cc4ccc(Cl)cc4)C3)ccnc2c1-c1ccncc1. The van der Waals surface area contributed by atoms with E-state index in [4.69, 9.17) is 16.7 Å². The van der Waals surface area contributed by atoms with E-state index in [0.29, 0.717) is 5.92 Å². The highest BCUT2D eigenvalue weighted by atomic mass is 35.5. The summed E-state index contributed by atoms with van der Waals surface area (Å²) in [6.07, 6.45) is 9.04. The van der Waals surface area contributed by atoms with E-state index in [0.717, 1.165) is 53.5 Å². The van der Waals surface area contributed by atoms with Crippen molar-refractivity contribution in [3.8, 4) is 11.1 Å². The molecular weight excluding hydrogens is 406 g/mol. The number of halogens is 1. The number of likely N-dealkylation sites (tertiary alicyclic amines) is 1. The maximum Gasteiger partial charge on any atom is 0.163 e. The Morgan fingerprint density at radius 1 is 1.03 bits per heavy atom. The molecule has 4 heterocycles. The van der Waals surface area contributed by atoms with Crippen LogP contribution < -0.4 is 0 Å². The first-order valence-electron chi connectivity index (χ1n) is 10.9. The number of rotatable bonds is 5. The summed E-state index contributed by atoms with van der Waals surface area (Å²) in [5, 5.41) is 5.65. The predicted octanol–water partition coefficient (Wildman–Crippen LogP) is 5.21. The van der Waals surface area contributed by atoms with Crippen molar-refractivity contribution in [1.29, 1.82) is 0 Å². The van der Waals surface area contributed by atoms with Gasteiger partial charge in [0, 0.05) is 48.0 Å². The van der Waals surface area contributed by atoms with Gasteiger partial charge in [-0.15, -0.1) is 0 Å². The molecule has 0 N–H and O–H groups in total. The smallest absolute Gasteiger partial charge is 0.163 e. The third-order valence-corrected chi connectivity index (χ3v) is 6.41. The fourth-order valence-corrected chi connectivity index (χ4v) is 4.84. The van der Waals surface area contributed by atoms with Crippen LogP contribution in [0, 0.1) is 12.8 Å². The number of aromatic nitrogens is 4. The number of hydrogen-bond donors (Lipinski definition) is 0. The Kier molecular flexibility index (Phi) is 5.70. The van der Waals surface area contributed by atoms with Crippen molar-refractivity contribution in [2.24, 2.45) is 5.92 Å². The summed E-state index contributed by atoms with van der Waals surface area (Å²) >= 11 is 6.04. The molecule has 0 saturated carbocycles. The molecule has 0 bridgehead atoms. The molecule has 3 aromatic heterocycles. The highest BCUT2D eigenvalue weighted by molar-refractivity contribution is 6.30. The van der Waals surface area contributed by atoms with Crippen molar-refractivity contribution in [3.63, 3.8) is 0 Å². The Bertz CT molecular complexity index is 1170. The van der Waals surface area contributed by atoms with E-state index in [9.17, 15) is 0 Å². The van der Waals surface area contributed by atoms with Gasteiger partial charge >= 0.3 is 0 Å². The molecule has 31 heavy (non-hydrogen) atoms. The van der Waals surface area contributed by atoms with Gasteiger partial charge in [0.25, 0.3) is 0 Å². The Morgan fingerprint density at radius 3 is 2.65 bits per heavy atom. The third kappa shape index (κ3) is 4.34. The molecule has 1 atom stereocenters. The molecule has 1 aliphatic heterocycles. The van der Waals surface area contributed by atoms with Crippen LogP contribution in [0.15, 0.2) is 61.1 Å². The number of pyridine rings is 1. The summed E-state index contributed by atoms with van der Waals surface area (Å²) in [6.45, 7) is 5.29. The van der Waals surface area contributed by atoms with Crippen LogP contribution in [0.5, 0.6) is 0 Å². The van der Waals surface area contributed by atoms with Crippen molar-refractivity contribution in [2.45, 2.75) is 32.7 Å². The molecule has 0 aliphatic carbocycles. The van der Waals surface area contributed by atoms with Gasteiger partial charge in [0.15, 0.2) is 5.65 Å². The second kappa shape index (κ2) is 8.77. The second-order valence-electron chi connectivity index (χ2n) is 8.44. The van der Waals surface area contributed by atoms with Crippen molar-refractivity contribution < 1.29 is 0 Å². The van der Waals surface area contributed by atoms with Crippen LogP contribution in [-0.4, -0.2) is 37.6 Å². The monoisotopic (exact) mass is 431 g/mol.